The average Bonchev–Trinajstić information content (AvgIpc) is 3.11. The van der Waals surface area contributed by atoms with Crippen LogP contribution in [0.5, 0.6) is 0 Å². The van der Waals surface area contributed by atoms with Gasteiger partial charge in [0.1, 0.15) is 0 Å². The maximum absolute atomic E-state index is 13.2. The van der Waals surface area contributed by atoms with E-state index in [1.807, 2.05) is 86.6 Å². The van der Waals surface area contributed by atoms with E-state index in [1.54, 1.807) is 0 Å². The summed E-state index contributed by atoms with van der Waals surface area (Å²) in [5.41, 5.74) is 13.4. The second kappa shape index (κ2) is 8.81. The van der Waals surface area contributed by atoms with Gasteiger partial charge >= 0.3 is 0 Å². The molecule has 0 unspecified atom stereocenters. The fraction of sp³-hybridized carbons (Fsp3) is 0.192. The van der Waals surface area contributed by atoms with Gasteiger partial charge < -0.3 is 15.6 Å². The quantitative estimate of drug-likeness (QED) is 0.512. The molecule has 0 saturated heterocycles. The Morgan fingerprint density at radius 3 is 2.55 bits per heavy atom. The molecule has 0 aliphatic carbocycles. The molecule has 0 saturated carbocycles. The Labute approximate surface area is 198 Å². The van der Waals surface area contributed by atoms with Crippen LogP contribution in [0.1, 0.15) is 41.4 Å². The van der Waals surface area contributed by atoms with Crippen molar-refractivity contribution in [3.63, 3.8) is 0 Å². The number of rotatable bonds is 4. The molecule has 2 aliphatic rings. The number of halogens is 1. The molecular formula is C26H26ClN5O. The first-order chi connectivity index (χ1) is 16.0. The number of nitrogens with one attached hydrogen (secondary N) is 3. The van der Waals surface area contributed by atoms with Gasteiger partial charge in [0.15, 0.2) is 0 Å². The first-order valence-electron chi connectivity index (χ1n) is 11.0. The van der Waals surface area contributed by atoms with Gasteiger partial charge in [0.25, 0.3) is 5.91 Å². The van der Waals surface area contributed by atoms with Crippen LogP contribution in [0.4, 0.5) is 11.4 Å². The summed E-state index contributed by atoms with van der Waals surface area (Å²) in [7, 11) is 0. The van der Waals surface area contributed by atoms with Crippen LogP contribution in [-0.2, 0) is 0 Å². The third-order valence-corrected chi connectivity index (χ3v) is 6.39. The highest BCUT2D eigenvalue weighted by Crippen LogP contribution is 2.39. The standard InChI is InChI=1S/C26H26ClN5O/c1-17(19-6-4-3-5-7-19)28-26(33)20-8-13-23-24(16-20)31(22-11-9-21(27)10-12-22)14-15-32-25(23)18(2)29-30-32/h3-13,16-17,29-30H,14-15H2,1-2H3,(H,28,33)/t17-/m1/s1. The topological polar surface area (TPSA) is 59.6 Å². The molecule has 3 N–H and O–H groups in total. The number of allylic oxidation sites excluding steroid dienone is 1. The van der Waals surface area contributed by atoms with Crippen molar-refractivity contribution in [2.75, 3.05) is 18.0 Å². The Morgan fingerprint density at radius 2 is 1.79 bits per heavy atom. The van der Waals surface area contributed by atoms with Crippen LogP contribution in [-0.4, -0.2) is 24.0 Å². The number of hydrogen-bond acceptors (Lipinski definition) is 5. The lowest BCUT2D eigenvalue weighted by Gasteiger charge is -2.26. The smallest absolute Gasteiger partial charge is 0.251 e. The minimum absolute atomic E-state index is 0.0893. The molecule has 0 aromatic heterocycles. The number of amides is 1. The molecule has 3 aromatic rings. The predicted molar refractivity (Wildman–Crippen MR) is 133 cm³/mol. The first-order valence-corrected chi connectivity index (χ1v) is 11.4. The molecule has 0 fully saturated rings. The van der Waals surface area contributed by atoms with E-state index in [4.69, 9.17) is 11.6 Å². The van der Waals surface area contributed by atoms with Crippen LogP contribution in [0.3, 0.4) is 0 Å². The third kappa shape index (κ3) is 4.15. The van der Waals surface area contributed by atoms with Crippen LogP contribution in [0.25, 0.3) is 5.70 Å². The van der Waals surface area contributed by atoms with Crippen molar-refractivity contribution >= 4 is 34.6 Å². The fourth-order valence-electron chi connectivity index (χ4n) is 4.40. The maximum Gasteiger partial charge on any atom is 0.251 e. The molecule has 0 bridgehead atoms. The molecule has 7 heteroatoms. The monoisotopic (exact) mass is 459 g/mol. The highest BCUT2D eigenvalue weighted by molar-refractivity contribution is 6.30. The number of nitrogens with zero attached hydrogens (tertiary/aromatic N) is 2. The van der Waals surface area contributed by atoms with Crippen molar-refractivity contribution in [1.29, 1.82) is 0 Å². The lowest BCUT2D eigenvalue weighted by atomic mass is 10.0. The van der Waals surface area contributed by atoms with Gasteiger partial charge in [-0.2, -0.15) is 0 Å². The molecule has 3 aromatic carbocycles. The highest BCUT2D eigenvalue weighted by Gasteiger charge is 2.30. The summed E-state index contributed by atoms with van der Waals surface area (Å²) in [6, 6.07) is 23.6. The normalized spacial score (nSPS) is 16.0. The zero-order valence-electron chi connectivity index (χ0n) is 18.6. The molecule has 168 valence electrons. The number of hydrazine groups is 2. The lowest BCUT2D eigenvalue weighted by molar-refractivity contribution is 0.0940. The van der Waals surface area contributed by atoms with E-state index in [0.29, 0.717) is 10.6 Å². The largest absolute Gasteiger partial charge is 0.346 e. The van der Waals surface area contributed by atoms with E-state index in [1.165, 1.54) is 0 Å². The number of anilines is 2. The van der Waals surface area contributed by atoms with Gasteiger partial charge in [-0.3, -0.25) is 9.80 Å². The van der Waals surface area contributed by atoms with Crippen LogP contribution >= 0.6 is 11.6 Å². The van der Waals surface area contributed by atoms with E-state index in [0.717, 1.165) is 47.0 Å². The summed E-state index contributed by atoms with van der Waals surface area (Å²) in [4.78, 5) is 15.4. The fourth-order valence-corrected chi connectivity index (χ4v) is 4.52. The van der Waals surface area contributed by atoms with Crippen molar-refractivity contribution in [2.24, 2.45) is 0 Å². The molecule has 33 heavy (non-hydrogen) atoms. The zero-order valence-corrected chi connectivity index (χ0v) is 19.4. The Kier molecular flexibility index (Phi) is 5.70. The summed E-state index contributed by atoms with van der Waals surface area (Å²) in [5.74, 6) is -0.0975. The molecule has 1 atom stereocenters. The van der Waals surface area contributed by atoms with Crippen molar-refractivity contribution in [3.8, 4) is 0 Å². The van der Waals surface area contributed by atoms with Gasteiger partial charge in [-0.15, -0.1) is 5.53 Å². The number of hydrogen-bond donors (Lipinski definition) is 3. The Bertz CT molecular complexity index is 1210. The lowest BCUT2D eigenvalue weighted by Crippen LogP contribution is -2.40. The summed E-state index contributed by atoms with van der Waals surface area (Å²) in [6.45, 7) is 5.56. The van der Waals surface area contributed by atoms with Gasteiger partial charge in [-0.05, 0) is 61.9 Å². The maximum atomic E-state index is 13.2. The summed E-state index contributed by atoms with van der Waals surface area (Å²) in [6.07, 6.45) is 0. The zero-order chi connectivity index (χ0) is 22.9. The number of carbonyl (C=O) groups excluding carboxylic acids is 1. The molecule has 6 nitrogen and oxygen atoms in total. The van der Waals surface area contributed by atoms with Gasteiger partial charge in [0.05, 0.1) is 29.7 Å². The SMILES string of the molecule is CC1=C2c3ccc(C(=O)N[C@H](C)c4ccccc4)cc3N(c3ccc(Cl)cc3)CCN2NN1. The Morgan fingerprint density at radius 1 is 1.03 bits per heavy atom. The second-order valence-corrected chi connectivity index (χ2v) is 8.76. The molecule has 1 amide bonds. The number of fused-ring (bicyclic) bond motifs is 3. The van der Waals surface area contributed by atoms with Crippen LogP contribution in [0.2, 0.25) is 5.02 Å². The second-order valence-electron chi connectivity index (χ2n) is 8.33. The van der Waals surface area contributed by atoms with E-state index >= 15 is 0 Å². The minimum Gasteiger partial charge on any atom is -0.346 e. The minimum atomic E-state index is -0.0975. The van der Waals surface area contributed by atoms with E-state index in [9.17, 15) is 4.79 Å². The highest BCUT2D eigenvalue weighted by atomic mass is 35.5. The number of carbonyl (C=O) groups is 1. The molecule has 0 radical (unpaired) electrons. The van der Waals surface area contributed by atoms with Gasteiger partial charge in [0.2, 0.25) is 0 Å². The summed E-state index contributed by atoms with van der Waals surface area (Å²) in [5, 5.41) is 5.94. The Balaban J connectivity index is 1.53. The van der Waals surface area contributed by atoms with Crippen molar-refractivity contribution in [1.82, 2.24) is 21.3 Å². The molecule has 2 heterocycles. The third-order valence-electron chi connectivity index (χ3n) is 6.14. The molecule has 0 spiro atoms. The molecular weight excluding hydrogens is 434 g/mol. The van der Waals surface area contributed by atoms with Crippen LogP contribution < -0.4 is 21.2 Å². The predicted octanol–water partition coefficient (Wildman–Crippen LogP) is 5.00. The molecule has 2 aliphatic heterocycles. The summed E-state index contributed by atoms with van der Waals surface area (Å²) >= 11 is 6.14. The van der Waals surface area contributed by atoms with Crippen LogP contribution in [0, 0.1) is 0 Å². The van der Waals surface area contributed by atoms with Gasteiger partial charge in [0, 0.05) is 28.4 Å². The first kappa shape index (κ1) is 21.4. The average molecular weight is 460 g/mol. The van der Waals surface area contributed by atoms with E-state index < -0.39 is 0 Å². The summed E-state index contributed by atoms with van der Waals surface area (Å²) < 4.78 is 0. The van der Waals surface area contributed by atoms with E-state index in [2.05, 4.69) is 26.2 Å². The number of benzene rings is 3. The van der Waals surface area contributed by atoms with Crippen molar-refractivity contribution < 1.29 is 4.79 Å². The molecule has 5 rings (SSSR count). The van der Waals surface area contributed by atoms with Gasteiger partial charge in [-0.25, -0.2) is 0 Å². The van der Waals surface area contributed by atoms with Crippen LogP contribution in [0.15, 0.2) is 78.5 Å². The Hall–Kier alpha value is -3.48. The van der Waals surface area contributed by atoms with E-state index in [-0.39, 0.29) is 11.9 Å². The van der Waals surface area contributed by atoms with Gasteiger partial charge in [-0.1, -0.05) is 41.9 Å². The van der Waals surface area contributed by atoms with Crippen molar-refractivity contribution in [3.05, 3.63) is 100 Å². The van der Waals surface area contributed by atoms with Crippen molar-refractivity contribution in [2.45, 2.75) is 19.9 Å².